The van der Waals surface area contributed by atoms with Gasteiger partial charge in [-0.25, -0.2) is 4.79 Å². The number of hydrogen-bond acceptors (Lipinski definition) is 3. The minimum absolute atomic E-state index is 0.0561. The first kappa shape index (κ1) is 19.6. The van der Waals surface area contributed by atoms with E-state index in [4.69, 9.17) is 0 Å². The first-order chi connectivity index (χ1) is 13.0. The van der Waals surface area contributed by atoms with Crippen LogP contribution in [0.4, 0.5) is 4.79 Å². The Kier molecular flexibility index (Phi) is 6.34. The van der Waals surface area contributed by atoms with Crippen LogP contribution in [0.15, 0.2) is 24.5 Å². The highest BCUT2D eigenvalue weighted by molar-refractivity contribution is 5.77. The van der Waals surface area contributed by atoms with Gasteiger partial charge in [-0.05, 0) is 62.1 Å². The van der Waals surface area contributed by atoms with Gasteiger partial charge in [-0.3, -0.25) is 9.78 Å². The highest BCUT2D eigenvalue weighted by atomic mass is 16.2. The highest BCUT2D eigenvalue weighted by Crippen LogP contribution is 2.40. The van der Waals surface area contributed by atoms with Crippen molar-refractivity contribution in [2.24, 2.45) is 5.41 Å². The molecule has 1 aromatic heterocycles. The van der Waals surface area contributed by atoms with Crippen LogP contribution >= 0.6 is 0 Å². The van der Waals surface area contributed by atoms with Gasteiger partial charge in [0.25, 0.3) is 0 Å². The quantitative estimate of drug-likeness (QED) is 0.864. The van der Waals surface area contributed by atoms with Gasteiger partial charge in [0, 0.05) is 51.0 Å². The first-order valence-electron chi connectivity index (χ1n) is 10.2. The van der Waals surface area contributed by atoms with E-state index in [2.05, 4.69) is 17.2 Å². The molecule has 3 amide bonds. The van der Waals surface area contributed by atoms with E-state index in [0.29, 0.717) is 6.42 Å². The summed E-state index contributed by atoms with van der Waals surface area (Å²) in [7, 11) is 0. The molecule has 6 heteroatoms. The fourth-order valence-corrected chi connectivity index (χ4v) is 4.12. The maximum absolute atomic E-state index is 12.4. The van der Waals surface area contributed by atoms with E-state index in [9.17, 15) is 9.59 Å². The number of aromatic nitrogens is 1. The van der Waals surface area contributed by atoms with Crippen LogP contribution in [-0.2, 0) is 11.2 Å². The van der Waals surface area contributed by atoms with E-state index in [0.717, 1.165) is 58.3 Å². The van der Waals surface area contributed by atoms with Gasteiger partial charge in [0.1, 0.15) is 0 Å². The predicted molar refractivity (Wildman–Crippen MR) is 105 cm³/mol. The SMILES string of the molecule is CCC(C)NC(=O)N1CCC2(CCC(=O)N(CCc3ccncc3)C2)CC1. The molecule has 2 aliphatic heterocycles. The molecule has 0 aliphatic carbocycles. The molecule has 6 nitrogen and oxygen atoms in total. The summed E-state index contributed by atoms with van der Waals surface area (Å²) < 4.78 is 0. The van der Waals surface area contributed by atoms with Gasteiger partial charge in [-0.2, -0.15) is 0 Å². The number of rotatable bonds is 5. The zero-order valence-corrected chi connectivity index (χ0v) is 16.6. The Morgan fingerprint density at radius 2 is 1.96 bits per heavy atom. The number of likely N-dealkylation sites (tertiary alicyclic amines) is 2. The average Bonchev–Trinajstić information content (AvgIpc) is 2.70. The van der Waals surface area contributed by atoms with Crippen molar-refractivity contribution >= 4 is 11.9 Å². The molecule has 1 N–H and O–H groups in total. The zero-order chi connectivity index (χ0) is 19.3. The molecule has 0 saturated carbocycles. The number of nitrogens with one attached hydrogen (secondary N) is 1. The summed E-state index contributed by atoms with van der Waals surface area (Å²) in [6, 6.07) is 4.29. The maximum Gasteiger partial charge on any atom is 0.317 e. The number of hydrogen-bond donors (Lipinski definition) is 1. The highest BCUT2D eigenvalue weighted by Gasteiger charge is 2.41. The summed E-state index contributed by atoms with van der Waals surface area (Å²) in [5.41, 5.74) is 1.40. The Hall–Kier alpha value is -2.11. The number of pyridine rings is 1. The van der Waals surface area contributed by atoms with Crippen LogP contribution in [0.25, 0.3) is 0 Å². The van der Waals surface area contributed by atoms with E-state index in [1.54, 1.807) is 12.4 Å². The summed E-state index contributed by atoms with van der Waals surface area (Å²) in [5, 5.41) is 3.06. The van der Waals surface area contributed by atoms with Gasteiger partial charge in [0.2, 0.25) is 5.91 Å². The van der Waals surface area contributed by atoms with Crippen molar-refractivity contribution in [3.05, 3.63) is 30.1 Å². The Morgan fingerprint density at radius 1 is 1.26 bits per heavy atom. The second-order valence-electron chi connectivity index (χ2n) is 8.17. The summed E-state index contributed by atoms with van der Waals surface area (Å²) in [4.78, 5) is 32.8. The van der Waals surface area contributed by atoms with Gasteiger partial charge in [-0.15, -0.1) is 0 Å². The molecule has 1 spiro atoms. The zero-order valence-electron chi connectivity index (χ0n) is 16.6. The van der Waals surface area contributed by atoms with E-state index in [1.807, 2.05) is 28.9 Å². The third kappa shape index (κ3) is 4.99. The summed E-state index contributed by atoms with van der Waals surface area (Å²) in [6.07, 6.45) is 8.98. The van der Waals surface area contributed by atoms with Crippen molar-refractivity contribution in [3.8, 4) is 0 Å². The molecule has 0 bridgehead atoms. The van der Waals surface area contributed by atoms with E-state index in [-0.39, 0.29) is 23.4 Å². The molecule has 1 aromatic rings. The number of carbonyl (C=O) groups is 2. The third-order valence-electron chi connectivity index (χ3n) is 6.26. The van der Waals surface area contributed by atoms with Crippen molar-refractivity contribution in [3.63, 3.8) is 0 Å². The van der Waals surface area contributed by atoms with Gasteiger partial charge >= 0.3 is 6.03 Å². The van der Waals surface area contributed by atoms with Crippen molar-refractivity contribution < 1.29 is 9.59 Å². The van der Waals surface area contributed by atoms with Crippen LogP contribution in [0.1, 0.15) is 51.5 Å². The normalized spacial score (nSPS) is 20.6. The van der Waals surface area contributed by atoms with E-state index >= 15 is 0 Å². The average molecular weight is 373 g/mol. The number of amides is 3. The Bertz CT molecular complexity index is 641. The topological polar surface area (TPSA) is 65.5 Å². The molecule has 3 heterocycles. The largest absolute Gasteiger partial charge is 0.342 e. The van der Waals surface area contributed by atoms with Crippen LogP contribution in [-0.4, -0.2) is 58.9 Å². The van der Waals surface area contributed by atoms with Crippen LogP contribution in [0.2, 0.25) is 0 Å². The molecule has 148 valence electrons. The van der Waals surface area contributed by atoms with Crippen molar-refractivity contribution in [2.45, 2.75) is 58.4 Å². The molecule has 2 saturated heterocycles. The lowest BCUT2D eigenvalue weighted by molar-refractivity contribution is -0.138. The minimum atomic E-state index is 0.0561. The van der Waals surface area contributed by atoms with E-state index < -0.39 is 0 Å². The predicted octanol–water partition coefficient (Wildman–Crippen LogP) is 2.84. The number of piperidine rings is 2. The lowest BCUT2D eigenvalue weighted by atomic mass is 9.72. The molecule has 2 aliphatic rings. The first-order valence-corrected chi connectivity index (χ1v) is 10.2. The molecular weight excluding hydrogens is 340 g/mol. The number of urea groups is 1. The molecule has 2 fully saturated rings. The maximum atomic E-state index is 12.4. The second-order valence-corrected chi connectivity index (χ2v) is 8.17. The molecule has 3 rings (SSSR count). The fraction of sp³-hybridized carbons (Fsp3) is 0.667. The fourth-order valence-electron chi connectivity index (χ4n) is 4.12. The van der Waals surface area contributed by atoms with Crippen molar-refractivity contribution in [2.75, 3.05) is 26.2 Å². The van der Waals surface area contributed by atoms with Crippen LogP contribution in [0, 0.1) is 5.41 Å². The number of carbonyl (C=O) groups excluding carboxylic acids is 2. The Labute approximate surface area is 162 Å². The summed E-state index contributed by atoms with van der Waals surface area (Å²) >= 11 is 0. The van der Waals surface area contributed by atoms with Gasteiger partial charge in [-0.1, -0.05) is 6.92 Å². The molecule has 1 unspecified atom stereocenters. The van der Waals surface area contributed by atoms with Crippen LogP contribution in [0.3, 0.4) is 0 Å². The molecule has 0 aromatic carbocycles. The van der Waals surface area contributed by atoms with Gasteiger partial charge in [0.05, 0.1) is 0 Å². The van der Waals surface area contributed by atoms with Gasteiger partial charge < -0.3 is 15.1 Å². The second kappa shape index (κ2) is 8.72. The summed E-state index contributed by atoms with van der Waals surface area (Å²) in [5.74, 6) is 0.270. The monoisotopic (exact) mass is 372 g/mol. The Balaban J connectivity index is 1.53. The van der Waals surface area contributed by atoms with Crippen molar-refractivity contribution in [1.82, 2.24) is 20.1 Å². The molecule has 0 radical (unpaired) electrons. The number of nitrogens with zero attached hydrogens (tertiary/aromatic N) is 3. The van der Waals surface area contributed by atoms with E-state index in [1.165, 1.54) is 5.56 Å². The lowest BCUT2D eigenvalue weighted by Gasteiger charge is -2.47. The standard InChI is InChI=1S/C21H32N4O2/c1-3-17(2)23-20(27)24-14-9-21(10-15-24)8-4-19(26)25(16-21)13-7-18-5-11-22-12-6-18/h5-6,11-12,17H,3-4,7-10,13-16H2,1-2H3,(H,23,27). The minimum Gasteiger partial charge on any atom is -0.342 e. The molecular formula is C21H32N4O2. The Morgan fingerprint density at radius 3 is 2.63 bits per heavy atom. The van der Waals surface area contributed by atoms with Crippen molar-refractivity contribution in [1.29, 1.82) is 0 Å². The molecule has 27 heavy (non-hydrogen) atoms. The summed E-state index contributed by atoms with van der Waals surface area (Å²) in [6.45, 7) is 7.29. The smallest absolute Gasteiger partial charge is 0.317 e. The van der Waals surface area contributed by atoms with Crippen LogP contribution < -0.4 is 5.32 Å². The molecule has 1 atom stereocenters. The third-order valence-corrected chi connectivity index (χ3v) is 6.26. The van der Waals surface area contributed by atoms with Gasteiger partial charge in [0.15, 0.2) is 0 Å². The van der Waals surface area contributed by atoms with Crippen LogP contribution in [0.5, 0.6) is 0 Å². The lowest BCUT2D eigenvalue weighted by Crippen LogP contribution is -2.54.